The van der Waals surface area contributed by atoms with Crippen LogP contribution >= 0.6 is 0 Å². The lowest BCUT2D eigenvalue weighted by molar-refractivity contribution is 0.0272. The van der Waals surface area contributed by atoms with Crippen molar-refractivity contribution in [2.24, 2.45) is 0 Å². The second kappa shape index (κ2) is 7.81. The van der Waals surface area contributed by atoms with Crippen molar-refractivity contribution in [1.29, 1.82) is 0 Å². The Bertz CT molecular complexity index is 1260. The highest BCUT2D eigenvalue weighted by Gasteiger charge is 2.25. The molecule has 1 saturated heterocycles. The molecule has 2 aliphatic rings. The quantitative estimate of drug-likeness (QED) is 0.334. The number of rotatable bonds is 6. The second-order valence-electron chi connectivity index (χ2n) is 9.09. The van der Waals surface area contributed by atoms with E-state index >= 15 is 0 Å². The maximum Gasteiger partial charge on any atom is 0.152 e. The van der Waals surface area contributed by atoms with Gasteiger partial charge in [0.25, 0.3) is 0 Å². The molecule has 0 amide bonds. The molecule has 160 valence electrons. The van der Waals surface area contributed by atoms with Gasteiger partial charge in [0.2, 0.25) is 0 Å². The maximum absolute atomic E-state index is 11.7. The van der Waals surface area contributed by atoms with Gasteiger partial charge in [-0.25, -0.2) is 0 Å². The zero-order valence-electron chi connectivity index (χ0n) is 17.9. The van der Waals surface area contributed by atoms with Crippen LogP contribution < -0.4 is 0 Å². The summed E-state index contributed by atoms with van der Waals surface area (Å²) in [4.78, 5) is 14.3. The van der Waals surface area contributed by atoms with Crippen LogP contribution in [0.15, 0.2) is 42.6 Å². The average Bonchev–Trinajstić information content (AvgIpc) is 3.27. The lowest BCUT2D eigenvalue weighted by Crippen LogP contribution is -2.32. The lowest BCUT2D eigenvalue weighted by Gasteiger charge is -2.26. The first-order chi connectivity index (χ1) is 15.3. The largest absolute Gasteiger partial charge is 0.374 e. The Morgan fingerprint density at radius 2 is 1.77 bits per heavy atom. The van der Waals surface area contributed by atoms with Crippen LogP contribution in [-0.2, 0) is 17.8 Å². The fourth-order valence-corrected chi connectivity index (χ4v) is 5.69. The minimum atomic E-state index is 0.0860. The third-order valence-corrected chi connectivity index (χ3v) is 7.13. The van der Waals surface area contributed by atoms with Crippen molar-refractivity contribution in [2.75, 3.05) is 26.2 Å². The summed E-state index contributed by atoms with van der Waals surface area (Å²) in [5, 5.41) is 3.56. The third-order valence-electron chi connectivity index (χ3n) is 7.13. The molecular weight excluding hydrogens is 386 g/mol. The SMILES string of the molecule is O=Cc1cn2c3c1ccc1c4ccccc4n(c13)CC(OCCCN1CCCCC1)C2. The van der Waals surface area contributed by atoms with E-state index in [2.05, 4.69) is 50.4 Å². The molecule has 1 unspecified atom stereocenters. The molecule has 1 atom stereocenters. The first-order valence-electron chi connectivity index (χ1n) is 11.7. The van der Waals surface area contributed by atoms with Crippen molar-refractivity contribution < 1.29 is 9.53 Å². The molecular formula is C26H29N3O2. The van der Waals surface area contributed by atoms with Gasteiger partial charge >= 0.3 is 0 Å². The fourth-order valence-electron chi connectivity index (χ4n) is 5.69. The van der Waals surface area contributed by atoms with Gasteiger partial charge < -0.3 is 18.8 Å². The Morgan fingerprint density at radius 3 is 2.65 bits per heavy atom. The number of carbonyl (C=O) groups excluding carboxylic acids is 1. The van der Waals surface area contributed by atoms with Gasteiger partial charge in [0.05, 0.1) is 30.2 Å². The zero-order valence-corrected chi connectivity index (χ0v) is 17.9. The summed E-state index contributed by atoms with van der Waals surface area (Å²) in [7, 11) is 0. The summed E-state index contributed by atoms with van der Waals surface area (Å²) in [6.45, 7) is 6.01. The standard InChI is InChI=1S/C26H29N3O2/c30-18-19-15-28-16-20(31-14-6-13-27-11-4-1-5-12-27)17-29-24-8-3-2-7-22(24)23-10-9-21(19)25(28)26(23)29/h2-3,7-10,15,18,20H,1,4-6,11-14,16-17H2. The number of aldehydes is 1. The third kappa shape index (κ3) is 3.19. The smallest absolute Gasteiger partial charge is 0.152 e. The highest BCUT2D eigenvalue weighted by atomic mass is 16.5. The highest BCUT2D eigenvalue weighted by Crippen LogP contribution is 2.37. The van der Waals surface area contributed by atoms with Crippen LogP contribution in [0.1, 0.15) is 36.0 Å². The van der Waals surface area contributed by atoms with Gasteiger partial charge in [-0.05, 0) is 38.4 Å². The Morgan fingerprint density at radius 1 is 0.935 bits per heavy atom. The van der Waals surface area contributed by atoms with Crippen molar-refractivity contribution in [1.82, 2.24) is 14.0 Å². The molecule has 31 heavy (non-hydrogen) atoms. The van der Waals surface area contributed by atoms with Gasteiger partial charge in [-0.15, -0.1) is 0 Å². The number of aromatic nitrogens is 2. The monoisotopic (exact) mass is 415 g/mol. The Labute approximate surface area is 182 Å². The van der Waals surface area contributed by atoms with Gasteiger partial charge in [-0.1, -0.05) is 36.8 Å². The molecule has 4 aromatic rings. The zero-order chi connectivity index (χ0) is 20.8. The Kier molecular flexibility index (Phi) is 4.81. The van der Waals surface area contributed by atoms with Crippen LogP contribution in [0.5, 0.6) is 0 Å². The van der Waals surface area contributed by atoms with E-state index in [0.717, 1.165) is 55.4 Å². The molecule has 5 heteroatoms. The Balaban J connectivity index is 1.33. The molecule has 1 fully saturated rings. The molecule has 0 saturated carbocycles. The predicted molar refractivity (Wildman–Crippen MR) is 125 cm³/mol. The van der Waals surface area contributed by atoms with Gasteiger partial charge in [0.15, 0.2) is 6.29 Å². The number of benzene rings is 2. The van der Waals surface area contributed by atoms with Gasteiger partial charge in [-0.3, -0.25) is 4.79 Å². The summed E-state index contributed by atoms with van der Waals surface area (Å²) < 4.78 is 11.1. The van der Waals surface area contributed by atoms with Gasteiger partial charge in [0, 0.05) is 46.6 Å². The second-order valence-corrected chi connectivity index (χ2v) is 9.09. The summed E-state index contributed by atoms with van der Waals surface area (Å²) in [6.07, 6.45) is 8.20. The van der Waals surface area contributed by atoms with Crippen molar-refractivity contribution in [3.05, 3.63) is 48.2 Å². The minimum absolute atomic E-state index is 0.0860. The van der Waals surface area contributed by atoms with Crippen LogP contribution in [0.3, 0.4) is 0 Å². The average molecular weight is 416 g/mol. The number of para-hydroxylation sites is 1. The molecule has 0 aliphatic carbocycles. The number of ether oxygens (including phenoxy) is 1. The molecule has 0 N–H and O–H groups in total. The van der Waals surface area contributed by atoms with E-state index in [-0.39, 0.29) is 6.10 Å². The predicted octanol–water partition coefficient (Wildman–Crippen LogP) is 4.84. The molecule has 2 aromatic carbocycles. The number of nitrogens with zero attached hydrogens (tertiary/aromatic N) is 3. The summed E-state index contributed by atoms with van der Waals surface area (Å²) in [5.74, 6) is 0. The first kappa shape index (κ1) is 19.1. The number of likely N-dealkylation sites (tertiary alicyclic amines) is 1. The highest BCUT2D eigenvalue weighted by molar-refractivity contribution is 6.19. The van der Waals surface area contributed by atoms with Crippen LogP contribution in [-0.4, -0.2) is 52.7 Å². The van der Waals surface area contributed by atoms with E-state index in [1.165, 1.54) is 54.2 Å². The van der Waals surface area contributed by atoms with E-state index in [1.54, 1.807) is 0 Å². The number of fused-ring (bicyclic) bond motifs is 3. The van der Waals surface area contributed by atoms with Crippen LogP contribution in [0.2, 0.25) is 0 Å². The van der Waals surface area contributed by atoms with E-state index in [0.29, 0.717) is 0 Å². The van der Waals surface area contributed by atoms with E-state index in [1.807, 2.05) is 6.20 Å². The molecule has 0 bridgehead atoms. The van der Waals surface area contributed by atoms with Crippen LogP contribution in [0.4, 0.5) is 0 Å². The topological polar surface area (TPSA) is 39.4 Å². The molecule has 5 nitrogen and oxygen atoms in total. The van der Waals surface area contributed by atoms with Crippen molar-refractivity contribution >= 4 is 39.0 Å². The fraction of sp³-hybridized carbons (Fsp3) is 0.423. The van der Waals surface area contributed by atoms with Crippen molar-refractivity contribution in [3.63, 3.8) is 0 Å². The van der Waals surface area contributed by atoms with Crippen molar-refractivity contribution in [3.8, 4) is 0 Å². The van der Waals surface area contributed by atoms with E-state index in [9.17, 15) is 4.79 Å². The normalized spacial score (nSPS) is 19.5. The number of piperidine rings is 1. The maximum atomic E-state index is 11.7. The van der Waals surface area contributed by atoms with Crippen LogP contribution in [0, 0.1) is 0 Å². The van der Waals surface area contributed by atoms with Crippen molar-refractivity contribution in [2.45, 2.75) is 44.9 Å². The summed E-state index contributed by atoms with van der Waals surface area (Å²) in [5.41, 5.74) is 4.40. The molecule has 0 spiro atoms. The number of hydrogen-bond donors (Lipinski definition) is 0. The molecule has 2 aromatic heterocycles. The number of carbonyl (C=O) groups is 1. The van der Waals surface area contributed by atoms with E-state index < -0.39 is 0 Å². The molecule has 6 rings (SSSR count). The summed E-state index contributed by atoms with van der Waals surface area (Å²) in [6, 6.07) is 12.9. The molecule has 2 aliphatic heterocycles. The lowest BCUT2D eigenvalue weighted by atomic mass is 10.1. The summed E-state index contributed by atoms with van der Waals surface area (Å²) >= 11 is 0. The Hall–Kier alpha value is -2.63. The van der Waals surface area contributed by atoms with Gasteiger partial charge in [0.1, 0.15) is 0 Å². The molecule has 0 radical (unpaired) electrons. The number of hydrogen-bond acceptors (Lipinski definition) is 3. The first-order valence-corrected chi connectivity index (χ1v) is 11.7. The van der Waals surface area contributed by atoms with Gasteiger partial charge in [-0.2, -0.15) is 0 Å². The van der Waals surface area contributed by atoms with Crippen LogP contribution in [0.25, 0.3) is 32.7 Å². The minimum Gasteiger partial charge on any atom is -0.374 e. The van der Waals surface area contributed by atoms with E-state index in [4.69, 9.17) is 4.74 Å². The molecule has 4 heterocycles.